The minimum absolute atomic E-state index is 0.102. The number of hydrogen-bond acceptors (Lipinski definition) is 4. The molecule has 1 aromatic heterocycles. The third kappa shape index (κ3) is 4.93. The lowest BCUT2D eigenvalue weighted by Gasteiger charge is -2.13. The lowest BCUT2D eigenvalue weighted by molar-refractivity contribution is 0.0948. The van der Waals surface area contributed by atoms with Crippen molar-refractivity contribution in [1.29, 1.82) is 0 Å². The van der Waals surface area contributed by atoms with E-state index in [0.29, 0.717) is 23.6 Å². The van der Waals surface area contributed by atoms with Crippen LogP contribution in [0.5, 0.6) is 0 Å². The molecule has 0 saturated heterocycles. The lowest BCUT2D eigenvalue weighted by Crippen LogP contribution is -2.24. The molecule has 29 heavy (non-hydrogen) atoms. The van der Waals surface area contributed by atoms with Gasteiger partial charge in [-0.1, -0.05) is 67.5 Å². The van der Waals surface area contributed by atoms with Crippen molar-refractivity contribution >= 4 is 5.91 Å². The molecule has 152 valence electrons. The van der Waals surface area contributed by atoms with Gasteiger partial charge in [-0.25, -0.2) is 0 Å². The van der Waals surface area contributed by atoms with Crippen molar-refractivity contribution in [3.8, 4) is 11.1 Å². The summed E-state index contributed by atoms with van der Waals surface area (Å²) >= 11 is 0. The van der Waals surface area contributed by atoms with Gasteiger partial charge in [0.25, 0.3) is 5.91 Å². The maximum Gasteiger partial charge on any atom is 0.257 e. The molecule has 0 aliphatic rings. The van der Waals surface area contributed by atoms with Gasteiger partial charge in [0, 0.05) is 19.0 Å². The zero-order valence-corrected chi connectivity index (χ0v) is 17.8. The van der Waals surface area contributed by atoms with Crippen molar-refractivity contribution in [3.63, 3.8) is 0 Å². The Labute approximate surface area is 172 Å². The van der Waals surface area contributed by atoms with E-state index in [1.165, 1.54) is 5.56 Å². The van der Waals surface area contributed by atoms with E-state index in [1.54, 1.807) is 6.92 Å². The third-order valence-electron chi connectivity index (χ3n) is 4.86. The van der Waals surface area contributed by atoms with Gasteiger partial charge < -0.3 is 14.7 Å². The van der Waals surface area contributed by atoms with Crippen LogP contribution in [-0.2, 0) is 13.1 Å². The highest BCUT2D eigenvalue weighted by molar-refractivity contribution is 5.96. The predicted octanol–water partition coefficient (Wildman–Crippen LogP) is 4.77. The molecule has 3 aromatic rings. The number of nitrogens with zero attached hydrogens (tertiary/aromatic N) is 2. The van der Waals surface area contributed by atoms with E-state index in [4.69, 9.17) is 4.52 Å². The first kappa shape index (κ1) is 20.8. The Morgan fingerprint density at radius 2 is 1.79 bits per heavy atom. The molecule has 1 N–H and O–H groups in total. The normalized spacial score (nSPS) is 11.3. The summed E-state index contributed by atoms with van der Waals surface area (Å²) in [6.45, 7) is 7.14. The quantitative estimate of drug-likeness (QED) is 0.631. The number of rotatable bonds is 7. The number of benzene rings is 2. The maximum absolute atomic E-state index is 12.8. The fraction of sp³-hybridized carbons (Fsp3) is 0.333. The molecule has 0 saturated carbocycles. The molecule has 0 fully saturated rings. The number of carbonyl (C=O) groups is 1. The van der Waals surface area contributed by atoms with Gasteiger partial charge in [-0.05, 0) is 43.3 Å². The third-order valence-corrected chi connectivity index (χ3v) is 4.86. The number of aryl methyl sites for hydroxylation is 1. The molecular formula is C24H29N3O2. The first-order valence-electron chi connectivity index (χ1n) is 9.93. The van der Waals surface area contributed by atoms with Crippen LogP contribution in [0.2, 0.25) is 0 Å². The van der Waals surface area contributed by atoms with Crippen LogP contribution in [0.1, 0.15) is 52.7 Å². The highest BCUT2D eigenvalue weighted by Crippen LogP contribution is 2.25. The molecule has 1 amide bonds. The van der Waals surface area contributed by atoms with E-state index < -0.39 is 0 Å². The van der Waals surface area contributed by atoms with Gasteiger partial charge in [0.05, 0.1) is 5.69 Å². The Balaban J connectivity index is 1.78. The molecule has 3 rings (SSSR count). The van der Waals surface area contributed by atoms with Gasteiger partial charge in [-0.3, -0.25) is 4.79 Å². The summed E-state index contributed by atoms with van der Waals surface area (Å²) in [5.74, 6) is 0.582. The van der Waals surface area contributed by atoms with Gasteiger partial charge in [-0.15, -0.1) is 0 Å². The molecule has 0 atom stereocenters. The van der Waals surface area contributed by atoms with E-state index in [1.807, 2.05) is 32.0 Å². The van der Waals surface area contributed by atoms with Crippen molar-refractivity contribution in [1.82, 2.24) is 15.4 Å². The topological polar surface area (TPSA) is 58.4 Å². The first-order chi connectivity index (χ1) is 13.9. The number of aromatic nitrogens is 1. The first-order valence-corrected chi connectivity index (χ1v) is 9.93. The summed E-state index contributed by atoms with van der Waals surface area (Å²) in [4.78, 5) is 15.0. The van der Waals surface area contributed by atoms with Crippen molar-refractivity contribution < 1.29 is 9.32 Å². The molecule has 1 heterocycles. The van der Waals surface area contributed by atoms with E-state index in [9.17, 15) is 4.79 Å². The average molecular weight is 392 g/mol. The number of carbonyl (C=O) groups excluding carboxylic acids is 1. The lowest BCUT2D eigenvalue weighted by atomic mass is 9.98. The van der Waals surface area contributed by atoms with Crippen LogP contribution in [0.3, 0.4) is 0 Å². The summed E-state index contributed by atoms with van der Waals surface area (Å²) in [7, 11) is 4.13. The minimum Gasteiger partial charge on any atom is -0.360 e. The average Bonchev–Trinajstić information content (AvgIpc) is 3.08. The van der Waals surface area contributed by atoms with Crippen LogP contribution >= 0.6 is 0 Å². The highest BCUT2D eigenvalue weighted by atomic mass is 16.5. The van der Waals surface area contributed by atoms with Crippen LogP contribution in [0, 0.1) is 6.92 Å². The molecule has 0 radical (unpaired) electrons. The van der Waals surface area contributed by atoms with E-state index in [0.717, 1.165) is 23.2 Å². The fourth-order valence-electron chi connectivity index (χ4n) is 3.43. The van der Waals surface area contributed by atoms with Crippen molar-refractivity contribution in [2.45, 2.75) is 39.8 Å². The van der Waals surface area contributed by atoms with Gasteiger partial charge in [-0.2, -0.15) is 0 Å². The smallest absolute Gasteiger partial charge is 0.257 e. The fourth-order valence-corrected chi connectivity index (χ4v) is 3.43. The molecule has 5 heteroatoms. The van der Waals surface area contributed by atoms with Crippen LogP contribution < -0.4 is 5.32 Å². The number of hydrogen-bond donors (Lipinski definition) is 1. The zero-order chi connectivity index (χ0) is 21.0. The molecule has 0 spiro atoms. The summed E-state index contributed by atoms with van der Waals surface area (Å²) in [5.41, 5.74) is 5.77. The van der Waals surface area contributed by atoms with Gasteiger partial charge in [0.1, 0.15) is 5.56 Å². The van der Waals surface area contributed by atoms with E-state index >= 15 is 0 Å². The Morgan fingerprint density at radius 3 is 2.45 bits per heavy atom. The summed E-state index contributed by atoms with van der Waals surface area (Å²) in [6.07, 6.45) is 0. The van der Waals surface area contributed by atoms with Crippen LogP contribution in [0.25, 0.3) is 11.1 Å². The SMILES string of the molecule is Cc1noc(C(C)C)c1C(=O)NCc1ccccc1-c1ccc(CN(C)C)cc1. The van der Waals surface area contributed by atoms with Crippen molar-refractivity contribution in [2.75, 3.05) is 14.1 Å². The van der Waals surface area contributed by atoms with Crippen molar-refractivity contribution in [3.05, 3.63) is 76.7 Å². The maximum atomic E-state index is 12.8. The summed E-state index contributed by atoms with van der Waals surface area (Å²) in [6, 6.07) is 16.7. The van der Waals surface area contributed by atoms with E-state index in [2.05, 4.69) is 59.8 Å². The summed E-state index contributed by atoms with van der Waals surface area (Å²) in [5, 5.41) is 7.01. The number of amides is 1. The van der Waals surface area contributed by atoms with Crippen LogP contribution in [0.15, 0.2) is 53.1 Å². The zero-order valence-electron chi connectivity index (χ0n) is 17.8. The van der Waals surface area contributed by atoms with Crippen molar-refractivity contribution in [2.24, 2.45) is 0 Å². The number of nitrogens with one attached hydrogen (secondary N) is 1. The largest absolute Gasteiger partial charge is 0.360 e. The standard InChI is InChI=1S/C24H29N3O2/c1-16(2)23-22(17(3)26-29-23)24(28)25-14-20-8-6-7-9-21(20)19-12-10-18(11-13-19)15-27(4)5/h6-13,16H,14-15H2,1-5H3,(H,25,28). The predicted molar refractivity (Wildman–Crippen MR) is 116 cm³/mol. The molecule has 0 aliphatic heterocycles. The summed E-state index contributed by atoms with van der Waals surface area (Å²) < 4.78 is 5.35. The molecule has 2 aromatic carbocycles. The Morgan fingerprint density at radius 1 is 1.10 bits per heavy atom. The highest BCUT2D eigenvalue weighted by Gasteiger charge is 2.22. The molecular weight excluding hydrogens is 362 g/mol. The monoisotopic (exact) mass is 391 g/mol. The Hall–Kier alpha value is -2.92. The second-order valence-corrected chi connectivity index (χ2v) is 7.94. The molecule has 0 aliphatic carbocycles. The Bertz CT molecular complexity index is 972. The van der Waals surface area contributed by atoms with Gasteiger partial charge >= 0.3 is 0 Å². The van der Waals surface area contributed by atoms with Gasteiger partial charge in [0.2, 0.25) is 0 Å². The second kappa shape index (κ2) is 9.05. The Kier molecular flexibility index (Phi) is 6.49. The van der Waals surface area contributed by atoms with Crippen LogP contribution in [0.4, 0.5) is 0 Å². The minimum atomic E-state index is -0.149. The van der Waals surface area contributed by atoms with E-state index in [-0.39, 0.29) is 11.8 Å². The molecule has 0 unspecified atom stereocenters. The second-order valence-electron chi connectivity index (χ2n) is 7.94. The van der Waals surface area contributed by atoms with Crippen LogP contribution in [-0.4, -0.2) is 30.1 Å². The van der Waals surface area contributed by atoms with Gasteiger partial charge in [0.15, 0.2) is 5.76 Å². The molecule has 5 nitrogen and oxygen atoms in total. The molecule has 0 bridgehead atoms.